The third-order valence-corrected chi connectivity index (χ3v) is 5.11. The summed E-state index contributed by atoms with van der Waals surface area (Å²) in [5.41, 5.74) is 0.0297. The van der Waals surface area contributed by atoms with Gasteiger partial charge >= 0.3 is 6.03 Å². The van der Waals surface area contributed by atoms with Crippen LogP contribution >= 0.6 is 0 Å². The first-order valence-electron chi connectivity index (χ1n) is 9.22. The van der Waals surface area contributed by atoms with Crippen LogP contribution in [0.15, 0.2) is 24.3 Å². The molecule has 0 unspecified atom stereocenters. The number of hydrogen-bond acceptors (Lipinski definition) is 4. The molecule has 2 atom stereocenters. The number of nitrogens with one attached hydrogen (secondary N) is 2. The fraction of sp³-hybridized carbons (Fsp3) is 0.550. The Morgan fingerprint density at radius 1 is 1.22 bits per heavy atom. The zero-order valence-electron chi connectivity index (χ0n) is 16.7. The van der Waals surface area contributed by atoms with Crippen LogP contribution in [0.2, 0.25) is 0 Å². The van der Waals surface area contributed by atoms with Gasteiger partial charge in [0.1, 0.15) is 17.8 Å². The third-order valence-electron chi connectivity index (χ3n) is 5.11. The van der Waals surface area contributed by atoms with Crippen LogP contribution in [0.4, 0.5) is 4.79 Å². The van der Waals surface area contributed by atoms with Crippen LogP contribution in [0.1, 0.15) is 39.7 Å². The van der Waals surface area contributed by atoms with Gasteiger partial charge in [-0.15, -0.1) is 0 Å². The van der Waals surface area contributed by atoms with E-state index in [1.807, 2.05) is 45.0 Å². The van der Waals surface area contributed by atoms with Crippen molar-refractivity contribution in [2.24, 2.45) is 5.92 Å². The molecule has 0 saturated carbocycles. The van der Waals surface area contributed by atoms with Crippen molar-refractivity contribution in [2.45, 2.75) is 52.1 Å². The molecule has 0 aromatic heterocycles. The van der Waals surface area contributed by atoms with Gasteiger partial charge in [0.2, 0.25) is 5.91 Å². The summed E-state index contributed by atoms with van der Waals surface area (Å²) in [6.07, 6.45) is 1.07. The monoisotopic (exact) mass is 375 g/mol. The molecule has 1 aliphatic heterocycles. The van der Waals surface area contributed by atoms with E-state index in [9.17, 15) is 14.4 Å². The molecular formula is C20H29N3O4. The van der Waals surface area contributed by atoms with Crippen molar-refractivity contribution in [1.29, 1.82) is 0 Å². The lowest BCUT2D eigenvalue weighted by Crippen LogP contribution is -2.47. The van der Waals surface area contributed by atoms with Crippen LogP contribution in [-0.2, 0) is 16.0 Å². The Hall–Kier alpha value is -2.57. The van der Waals surface area contributed by atoms with E-state index in [1.54, 1.807) is 14.0 Å². The Bertz CT molecular complexity index is 702. The SMILES string of the molecule is COc1ccc(CC[C@]2(C)NC(=O)N(CC(=O)N[C@H](C)C(C)C)C2=O)cc1. The Labute approximate surface area is 160 Å². The average molecular weight is 375 g/mol. The molecule has 1 saturated heterocycles. The number of carbonyl (C=O) groups is 3. The average Bonchev–Trinajstić information content (AvgIpc) is 2.84. The van der Waals surface area contributed by atoms with Crippen molar-refractivity contribution < 1.29 is 19.1 Å². The number of hydrogen-bond donors (Lipinski definition) is 2. The first-order valence-corrected chi connectivity index (χ1v) is 9.22. The second-order valence-electron chi connectivity index (χ2n) is 7.60. The standard InChI is InChI=1S/C20H29N3O4/c1-13(2)14(3)21-17(24)12-23-18(25)20(4,22-19(23)26)11-10-15-6-8-16(27-5)9-7-15/h6-9,13-14H,10-12H2,1-5H3,(H,21,24)(H,22,26)/t14-,20+/m1/s1. The summed E-state index contributed by atoms with van der Waals surface area (Å²) in [7, 11) is 1.61. The predicted molar refractivity (Wildman–Crippen MR) is 102 cm³/mol. The zero-order valence-corrected chi connectivity index (χ0v) is 16.7. The maximum Gasteiger partial charge on any atom is 0.325 e. The van der Waals surface area contributed by atoms with Crippen LogP contribution in [-0.4, -0.2) is 48.0 Å². The number of rotatable bonds is 8. The number of urea groups is 1. The molecule has 1 aromatic carbocycles. The van der Waals surface area contributed by atoms with Gasteiger partial charge in [-0.05, 0) is 50.3 Å². The summed E-state index contributed by atoms with van der Waals surface area (Å²) in [6.45, 7) is 7.32. The number of ether oxygens (including phenoxy) is 1. The second kappa shape index (κ2) is 8.41. The number of carbonyl (C=O) groups excluding carboxylic acids is 3. The minimum absolute atomic E-state index is 0.0280. The Balaban J connectivity index is 1.97. The predicted octanol–water partition coefficient (Wildman–Crippen LogP) is 2.10. The molecule has 7 heteroatoms. The fourth-order valence-electron chi connectivity index (χ4n) is 2.86. The molecule has 4 amide bonds. The van der Waals surface area contributed by atoms with Gasteiger partial charge < -0.3 is 15.4 Å². The lowest BCUT2D eigenvalue weighted by molar-refractivity contribution is -0.135. The molecular weight excluding hydrogens is 346 g/mol. The van der Waals surface area contributed by atoms with Crippen molar-refractivity contribution in [1.82, 2.24) is 15.5 Å². The minimum Gasteiger partial charge on any atom is -0.497 e. The van der Waals surface area contributed by atoms with Crippen LogP contribution in [0.25, 0.3) is 0 Å². The molecule has 0 aliphatic carbocycles. The van der Waals surface area contributed by atoms with E-state index >= 15 is 0 Å². The van der Waals surface area contributed by atoms with Gasteiger partial charge in [0, 0.05) is 6.04 Å². The van der Waals surface area contributed by atoms with Gasteiger partial charge in [-0.3, -0.25) is 14.5 Å². The van der Waals surface area contributed by atoms with E-state index < -0.39 is 11.6 Å². The molecule has 1 aromatic rings. The Morgan fingerprint density at radius 3 is 2.41 bits per heavy atom. The van der Waals surface area contributed by atoms with E-state index in [4.69, 9.17) is 4.74 Å². The number of methoxy groups -OCH3 is 1. The molecule has 27 heavy (non-hydrogen) atoms. The highest BCUT2D eigenvalue weighted by Crippen LogP contribution is 2.24. The van der Waals surface area contributed by atoms with E-state index in [0.29, 0.717) is 12.8 Å². The fourth-order valence-corrected chi connectivity index (χ4v) is 2.86. The molecule has 0 radical (unpaired) electrons. The highest BCUT2D eigenvalue weighted by molar-refractivity contribution is 6.08. The largest absolute Gasteiger partial charge is 0.497 e. The van der Waals surface area contributed by atoms with Gasteiger partial charge in [0.15, 0.2) is 0 Å². The van der Waals surface area contributed by atoms with Crippen LogP contribution < -0.4 is 15.4 Å². The highest BCUT2D eigenvalue weighted by Gasteiger charge is 2.47. The molecule has 2 N–H and O–H groups in total. The van der Waals surface area contributed by atoms with Gasteiger partial charge in [-0.1, -0.05) is 26.0 Å². The highest BCUT2D eigenvalue weighted by atomic mass is 16.5. The quantitative estimate of drug-likeness (QED) is 0.681. The number of nitrogens with zero attached hydrogens (tertiary/aromatic N) is 1. The number of imide groups is 1. The Morgan fingerprint density at radius 2 is 1.85 bits per heavy atom. The summed E-state index contributed by atoms with van der Waals surface area (Å²) in [6, 6.07) is 7.03. The van der Waals surface area contributed by atoms with E-state index in [1.165, 1.54) is 0 Å². The summed E-state index contributed by atoms with van der Waals surface area (Å²) >= 11 is 0. The molecule has 1 heterocycles. The lowest BCUT2D eigenvalue weighted by atomic mass is 9.93. The topological polar surface area (TPSA) is 87.7 Å². The third kappa shape index (κ3) is 4.99. The summed E-state index contributed by atoms with van der Waals surface area (Å²) in [5, 5.41) is 5.56. The molecule has 1 aliphatic rings. The zero-order chi connectivity index (χ0) is 20.2. The van der Waals surface area contributed by atoms with Gasteiger partial charge in [0.25, 0.3) is 5.91 Å². The van der Waals surface area contributed by atoms with Crippen molar-refractivity contribution in [3.05, 3.63) is 29.8 Å². The minimum atomic E-state index is -1.01. The van der Waals surface area contributed by atoms with Crippen LogP contribution in [0.5, 0.6) is 5.75 Å². The molecule has 1 fully saturated rings. The van der Waals surface area contributed by atoms with E-state index in [-0.39, 0.29) is 30.3 Å². The van der Waals surface area contributed by atoms with E-state index in [0.717, 1.165) is 16.2 Å². The maximum absolute atomic E-state index is 12.8. The molecule has 2 rings (SSSR count). The van der Waals surface area contributed by atoms with Crippen LogP contribution in [0.3, 0.4) is 0 Å². The van der Waals surface area contributed by atoms with Crippen LogP contribution in [0, 0.1) is 5.92 Å². The number of benzene rings is 1. The summed E-state index contributed by atoms with van der Waals surface area (Å²) in [4.78, 5) is 38.2. The van der Waals surface area contributed by atoms with Gasteiger partial charge in [-0.25, -0.2) is 4.79 Å². The van der Waals surface area contributed by atoms with Crippen molar-refractivity contribution in [2.75, 3.05) is 13.7 Å². The molecule has 7 nitrogen and oxygen atoms in total. The molecule has 0 spiro atoms. The lowest BCUT2D eigenvalue weighted by Gasteiger charge is -2.22. The summed E-state index contributed by atoms with van der Waals surface area (Å²) in [5.74, 6) is 0.335. The Kier molecular flexibility index (Phi) is 6.46. The van der Waals surface area contributed by atoms with E-state index in [2.05, 4.69) is 10.6 Å². The smallest absolute Gasteiger partial charge is 0.325 e. The first kappa shape index (κ1) is 20.7. The number of amides is 4. The second-order valence-corrected chi connectivity index (χ2v) is 7.60. The normalized spacial score (nSPS) is 20.6. The molecule has 0 bridgehead atoms. The maximum atomic E-state index is 12.8. The number of aryl methyl sites for hydroxylation is 1. The summed E-state index contributed by atoms with van der Waals surface area (Å²) < 4.78 is 5.14. The van der Waals surface area contributed by atoms with Gasteiger partial charge in [-0.2, -0.15) is 0 Å². The molecule has 148 valence electrons. The van der Waals surface area contributed by atoms with Gasteiger partial charge in [0.05, 0.1) is 7.11 Å². The first-order chi connectivity index (χ1) is 12.7. The van der Waals surface area contributed by atoms with Crippen molar-refractivity contribution in [3.8, 4) is 5.75 Å². The van der Waals surface area contributed by atoms with Crippen molar-refractivity contribution >= 4 is 17.8 Å². The van der Waals surface area contributed by atoms with Crippen molar-refractivity contribution in [3.63, 3.8) is 0 Å².